The summed E-state index contributed by atoms with van der Waals surface area (Å²) in [6.07, 6.45) is 6.42. The van der Waals surface area contributed by atoms with Crippen LogP contribution in [0.4, 0.5) is 5.69 Å². The van der Waals surface area contributed by atoms with Gasteiger partial charge in [0.05, 0.1) is 6.54 Å². The maximum absolute atomic E-state index is 12.5. The van der Waals surface area contributed by atoms with E-state index < -0.39 is 5.79 Å². The van der Waals surface area contributed by atoms with Crippen molar-refractivity contribution in [1.29, 1.82) is 0 Å². The SMILES string of the molecule is O=C(CN1CCc2sccc2C1)Nc1ccc2c(c1)OC1(CCCCC1)O2. The lowest BCUT2D eigenvalue weighted by atomic mass is 9.94. The van der Waals surface area contributed by atoms with Gasteiger partial charge in [0, 0.05) is 42.6 Å². The second-order valence-electron chi connectivity index (χ2n) is 7.71. The van der Waals surface area contributed by atoms with Gasteiger partial charge in [0.15, 0.2) is 11.5 Å². The van der Waals surface area contributed by atoms with Crippen LogP contribution in [0.1, 0.15) is 42.5 Å². The fourth-order valence-electron chi connectivity index (χ4n) is 4.31. The van der Waals surface area contributed by atoms with Gasteiger partial charge in [-0.25, -0.2) is 0 Å². The van der Waals surface area contributed by atoms with Crippen LogP contribution in [-0.4, -0.2) is 29.7 Å². The van der Waals surface area contributed by atoms with Gasteiger partial charge in [-0.15, -0.1) is 11.3 Å². The van der Waals surface area contributed by atoms with Crippen molar-refractivity contribution >= 4 is 22.9 Å². The van der Waals surface area contributed by atoms with E-state index >= 15 is 0 Å². The highest BCUT2D eigenvalue weighted by atomic mass is 32.1. The van der Waals surface area contributed by atoms with Gasteiger partial charge in [-0.1, -0.05) is 6.42 Å². The molecule has 0 saturated heterocycles. The van der Waals surface area contributed by atoms with Crippen LogP contribution in [0.5, 0.6) is 11.5 Å². The number of ether oxygens (including phenoxy) is 2. The molecular formula is C21H24N2O3S. The van der Waals surface area contributed by atoms with E-state index in [4.69, 9.17) is 9.47 Å². The summed E-state index contributed by atoms with van der Waals surface area (Å²) in [5, 5.41) is 5.15. The number of fused-ring (bicyclic) bond motifs is 2. The molecule has 5 rings (SSSR count). The maximum Gasteiger partial charge on any atom is 0.251 e. The van der Waals surface area contributed by atoms with E-state index in [2.05, 4.69) is 21.7 Å². The van der Waals surface area contributed by atoms with Crippen molar-refractivity contribution < 1.29 is 14.3 Å². The molecule has 0 unspecified atom stereocenters. The van der Waals surface area contributed by atoms with Gasteiger partial charge in [0.2, 0.25) is 5.91 Å². The molecule has 27 heavy (non-hydrogen) atoms. The topological polar surface area (TPSA) is 50.8 Å². The molecule has 0 bridgehead atoms. The Hall–Kier alpha value is -2.05. The normalized spacial score (nSPS) is 20.4. The molecule has 3 aliphatic rings. The van der Waals surface area contributed by atoms with Gasteiger partial charge < -0.3 is 14.8 Å². The highest BCUT2D eigenvalue weighted by Crippen LogP contribution is 2.46. The summed E-state index contributed by atoms with van der Waals surface area (Å²) in [7, 11) is 0. The third kappa shape index (κ3) is 3.44. The Labute approximate surface area is 163 Å². The number of thiophene rings is 1. The molecule has 142 valence electrons. The van der Waals surface area contributed by atoms with Gasteiger partial charge in [0.1, 0.15) is 0 Å². The molecule has 2 aliphatic heterocycles. The number of amides is 1. The van der Waals surface area contributed by atoms with Crippen molar-refractivity contribution in [3.05, 3.63) is 40.1 Å². The fraction of sp³-hybridized carbons (Fsp3) is 0.476. The summed E-state index contributed by atoms with van der Waals surface area (Å²) >= 11 is 1.82. The smallest absolute Gasteiger partial charge is 0.251 e. The Bertz CT molecular complexity index is 857. The predicted octanol–water partition coefficient (Wildman–Crippen LogP) is 4.18. The van der Waals surface area contributed by atoms with Crippen LogP contribution < -0.4 is 14.8 Å². The minimum atomic E-state index is -0.477. The van der Waals surface area contributed by atoms with Crippen molar-refractivity contribution in [3.63, 3.8) is 0 Å². The third-order valence-corrected chi connectivity index (χ3v) is 6.71. The number of hydrogen-bond acceptors (Lipinski definition) is 5. The number of carbonyl (C=O) groups is 1. The Balaban J connectivity index is 1.21. The molecule has 1 aromatic carbocycles. The fourth-order valence-corrected chi connectivity index (χ4v) is 5.20. The molecule has 6 heteroatoms. The van der Waals surface area contributed by atoms with Crippen LogP contribution >= 0.6 is 11.3 Å². The molecule has 1 spiro atoms. The lowest BCUT2D eigenvalue weighted by Gasteiger charge is -2.31. The Kier molecular flexibility index (Phi) is 4.32. The first kappa shape index (κ1) is 17.1. The van der Waals surface area contributed by atoms with Crippen molar-refractivity contribution in [2.75, 3.05) is 18.4 Å². The van der Waals surface area contributed by atoms with E-state index in [1.807, 2.05) is 29.5 Å². The van der Waals surface area contributed by atoms with Crippen LogP contribution in [0.2, 0.25) is 0 Å². The molecule has 1 saturated carbocycles. The highest BCUT2D eigenvalue weighted by Gasteiger charge is 2.42. The molecule has 1 fully saturated rings. The number of carbonyl (C=O) groups excluding carboxylic acids is 1. The number of nitrogens with zero attached hydrogens (tertiary/aromatic N) is 1. The average molecular weight is 385 g/mol. The Morgan fingerprint density at radius 1 is 1.15 bits per heavy atom. The van der Waals surface area contributed by atoms with Crippen LogP contribution in [0.15, 0.2) is 29.6 Å². The zero-order chi connectivity index (χ0) is 18.3. The van der Waals surface area contributed by atoms with Gasteiger partial charge in [-0.05, 0) is 48.4 Å². The zero-order valence-corrected chi connectivity index (χ0v) is 16.1. The summed E-state index contributed by atoms with van der Waals surface area (Å²) in [4.78, 5) is 16.2. The van der Waals surface area contributed by atoms with Gasteiger partial charge in [-0.3, -0.25) is 9.69 Å². The molecule has 3 heterocycles. The van der Waals surface area contributed by atoms with Gasteiger partial charge in [-0.2, -0.15) is 0 Å². The number of hydrogen-bond donors (Lipinski definition) is 1. The maximum atomic E-state index is 12.5. The first-order chi connectivity index (χ1) is 13.2. The summed E-state index contributed by atoms with van der Waals surface area (Å²) in [5.41, 5.74) is 2.13. The molecule has 5 nitrogen and oxygen atoms in total. The Morgan fingerprint density at radius 2 is 2.00 bits per heavy atom. The summed E-state index contributed by atoms with van der Waals surface area (Å²) in [6, 6.07) is 7.87. The monoisotopic (exact) mass is 384 g/mol. The number of benzene rings is 1. The molecule has 0 radical (unpaired) electrons. The van der Waals surface area contributed by atoms with Crippen molar-refractivity contribution in [2.24, 2.45) is 0 Å². The van der Waals surface area contributed by atoms with Crippen LogP contribution in [-0.2, 0) is 17.8 Å². The Morgan fingerprint density at radius 3 is 2.89 bits per heavy atom. The van der Waals surface area contributed by atoms with E-state index in [-0.39, 0.29) is 5.91 Å². The second kappa shape index (κ2) is 6.84. The zero-order valence-electron chi connectivity index (χ0n) is 15.3. The molecule has 1 N–H and O–H groups in total. The first-order valence-electron chi connectivity index (χ1n) is 9.79. The van der Waals surface area contributed by atoms with Crippen LogP contribution in [0.3, 0.4) is 0 Å². The van der Waals surface area contributed by atoms with Crippen molar-refractivity contribution in [1.82, 2.24) is 4.90 Å². The lowest BCUT2D eigenvalue weighted by Crippen LogP contribution is -2.40. The lowest BCUT2D eigenvalue weighted by molar-refractivity contribution is -0.117. The molecular weight excluding hydrogens is 360 g/mol. The van der Waals surface area contributed by atoms with Gasteiger partial charge >= 0.3 is 0 Å². The van der Waals surface area contributed by atoms with Crippen molar-refractivity contribution in [2.45, 2.75) is 50.9 Å². The average Bonchev–Trinajstić information content (AvgIpc) is 3.25. The number of nitrogens with one attached hydrogen (secondary N) is 1. The largest absolute Gasteiger partial charge is 0.448 e. The molecule has 1 aromatic heterocycles. The molecule has 1 aliphatic carbocycles. The van der Waals surface area contributed by atoms with E-state index in [0.717, 1.165) is 62.4 Å². The van der Waals surface area contributed by atoms with Crippen LogP contribution in [0.25, 0.3) is 0 Å². The highest BCUT2D eigenvalue weighted by molar-refractivity contribution is 7.10. The van der Waals surface area contributed by atoms with Crippen LogP contribution in [0, 0.1) is 0 Å². The standard InChI is InChI=1S/C21H24N2O3S/c24-20(14-23-10-6-19-15(13-23)7-11-27-19)22-16-4-5-17-18(12-16)26-21(25-17)8-2-1-3-9-21/h4-5,7,11-12H,1-3,6,8-10,13-14H2,(H,22,24). The van der Waals surface area contributed by atoms with Gasteiger partial charge in [0.25, 0.3) is 5.79 Å². The molecule has 2 aromatic rings. The second-order valence-corrected chi connectivity index (χ2v) is 8.72. The third-order valence-electron chi connectivity index (χ3n) is 5.69. The quantitative estimate of drug-likeness (QED) is 0.863. The summed E-state index contributed by atoms with van der Waals surface area (Å²) in [5.74, 6) is 1.07. The summed E-state index contributed by atoms with van der Waals surface area (Å²) in [6.45, 7) is 2.20. The minimum absolute atomic E-state index is 0.0138. The number of anilines is 1. The first-order valence-corrected chi connectivity index (χ1v) is 10.7. The van der Waals surface area contributed by atoms with E-state index in [9.17, 15) is 4.79 Å². The summed E-state index contributed by atoms with van der Waals surface area (Å²) < 4.78 is 12.3. The molecule has 0 atom stereocenters. The molecule has 1 amide bonds. The van der Waals surface area contributed by atoms with E-state index in [1.165, 1.54) is 16.9 Å². The van der Waals surface area contributed by atoms with E-state index in [0.29, 0.717) is 6.54 Å². The van der Waals surface area contributed by atoms with E-state index in [1.54, 1.807) is 0 Å². The minimum Gasteiger partial charge on any atom is -0.448 e. The number of rotatable bonds is 3. The van der Waals surface area contributed by atoms with Crippen molar-refractivity contribution in [3.8, 4) is 11.5 Å². The predicted molar refractivity (Wildman–Crippen MR) is 105 cm³/mol.